The summed E-state index contributed by atoms with van der Waals surface area (Å²) >= 11 is 0. The Kier molecular flexibility index (Phi) is 6.67. The Hall–Kier alpha value is -3.75. The zero-order valence-corrected chi connectivity index (χ0v) is 18.1. The van der Waals surface area contributed by atoms with Gasteiger partial charge in [-0.3, -0.25) is 9.59 Å². The fraction of sp³-hybridized carbons (Fsp3) is 0.292. The van der Waals surface area contributed by atoms with Gasteiger partial charge in [-0.05, 0) is 42.5 Å². The van der Waals surface area contributed by atoms with E-state index in [1.54, 1.807) is 18.2 Å². The number of piperazine rings is 1. The minimum atomic E-state index is -1.06. The molecule has 2 heterocycles. The van der Waals surface area contributed by atoms with Crippen LogP contribution in [0, 0.1) is 11.6 Å². The van der Waals surface area contributed by atoms with Gasteiger partial charge in [0, 0.05) is 50.1 Å². The van der Waals surface area contributed by atoms with Crippen LogP contribution in [0.1, 0.15) is 22.7 Å². The number of nitrogens with zero attached hydrogens (tertiary/aromatic N) is 3. The third-order valence-electron chi connectivity index (χ3n) is 5.57. The number of ether oxygens (including phenoxy) is 1. The number of halogens is 2. The molecule has 0 atom stereocenters. The van der Waals surface area contributed by atoms with Gasteiger partial charge in [0.25, 0.3) is 5.91 Å². The first-order chi connectivity index (χ1) is 15.9. The molecule has 2 aromatic carbocycles. The molecular formula is C24H23F2N3O4. The largest absolute Gasteiger partial charge is 0.497 e. The molecule has 9 heteroatoms. The molecule has 1 aliphatic rings. The molecule has 1 saturated heterocycles. The SMILES string of the molecule is COc1ccc(-c2cnc(CCC(=O)N3CCN(C(=O)c4ccc(F)c(F)c4)CC3)o2)cc1. The predicted octanol–water partition coefficient (Wildman–Crippen LogP) is 3.55. The minimum absolute atomic E-state index is 0.0564. The fourth-order valence-corrected chi connectivity index (χ4v) is 3.66. The van der Waals surface area contributed by atoms with Crippen molar-refractivity contribution in [2.75, 3.05) is 33.3 Å². The van der Waals surface area contributed by atoms with Crippen LogP contribution >= 0.6 is 0 Å². The third kappa shape index (κ3) is 5.19. The molecule has 0 bridgehead atoms. The zero-order chi connectivity index (χ0) is 23.4. The number of hydrogen-bond donors (Lipinski definition) is 0. The van der Waals surface area contributed by atoms with Crippen LogP contribution in [0.3, 0.4) is 0 Å². The van der Waals surface area contributed by atoms with Crippen LogP contribution in [0.15, 0.2) is 53.1 Å². The zero-order valence-electron chi connectivity index (χ0n) is 18.1. The second kappa shape index (κ2) is 9.81. The quantitative estimate of drug-likeness (QED) is 0.568. The number of hydrogen-bond acceptors (Lipinski definition) is 5. The number of amides is 2. The topological polar surface area (TPSA) is 75.9 Å². The maximum Gasteiger partial charge on any atom is 0.254 e. The van der Waals surface area contributed by atoms with Crippen molar-refractivity contribution in [2.45, 2.75) is 12.8 Å². The number of aromatic nitrogens is 1. The van der Waals surface area contributed by atoms with Gasteiger partial charge < -0.3 is 19.0 Å². The monoisotopic (exact) mass is 455 g/mol. The van der Waals surface area contributed by atoms with Crippen molar-refractivity contribution in [3.05, 3.63) is 71.8 Å². The molecule has 3 aromatic rings. The van der Waals surface area contributed by atoms with Crippen molar-refractivity contribution >= 4 is 11.8 Å². The number of methoxy groups -OCH3 is 1. The second-order valence-corrected chi connectivity index (χ2v) is 7.65. The van der Waals surface area contributed by atoms with Crippen LogP contribution in [-0.4, -0.2) is 59.9 Å². The van der Waals surface area contributed by atoms with Gasteiger partial charge in [0.05, 0.1) is 13.3 Å². The van der Waals surface area contributed by atoms with Gasteiger partial charge in [0.1, 0.15) is 5.75 Å². The van der Waals surface area contributed by atoms with E-state index in [2.05, 4.69) is 4.98 Å². The lowest BCUT2D eigenvalue weighted by atomic mass is 10.1. The fourth-order valence-electron chi connectivity index (χ4n) is 3.66. The lowest BCUT2D eigenvalue weighted by Gasteiger charge is -2.34. The van der Waals surface area contributed by atoms with Gasteiger partial charge in [-0.25, -0.2) is 13.8 Å². The van der Waals surface area contributed by atoms with E-state index in [1.807, 2.05) is 24.3 Å². The third-order valence-corrected chi connectivity index (χ3v) is 5.57. The Bertz CT molecular complexity index is 1140. The minimum Gasteiger partial charge on any atom is -0.497 e. The summed E-state index contributed by atoms with van der Waals surface area (Å²) in [5.74, 6) is -0.659. The van der Waals surface area contributed by atoms with Gasteiger partial charge in [-0.1, -0.05) is 0 Å². The van der Waals surface area contributed by atoms with Crippen LogP contribution in [0.25, 0.3) is 11.3 Å². The van der Waals surface area contributed by atoms with Crippen molar-refractivity contribution in [3.8, 4) is 17.1 Å². The van der Waals surface area contributed by atoms with Crippen molar-refractivity contribution in [3.63, 3.8) is 0 Å². The van der Waals surface area contributed by atoms with Crippen LogP contribution in [0.5, 0.6) is 5.75 Å². The number of benzene rings is 2. The molecule has 2 amide bonds. The first-order valence-electron chi connectivity index (χ1n) is 10.6. The molecule has 0 unspecified atom stereocenters. The molecule has 7 nitrogen and oxygen atoms in total. The highest BCUT2D eigenvalue weighted by Gasteiger charge is 2.25. The standard InChI is InChI=1S/C24H23F2N3O4/c1-32-18-5-2-16(3-6-18)21-15-27-22(33-21)8-9-23(30)28-10-12-29(13-11-28)24(31)17-4-7-19(25)20(26)14-17/h2-7,14-15H,8-13H2,1H3. The molecule has 172 valence electrons. The Morgan fingerprint density at radius 2 is 1.70 bits per heavy atom. The van der Waals surface area contributed by atoms with E-state index < -0.39 is 11.6 Å². The molecule has 0 aliphatic carbocycles. The number of carbonyl (C=O) groups is 2. The molecule has 0 radical (unpaired) electrons. The molecule has 1 aromatic heterocycles. The van der Waals surface area contributed by atoms with Crippen LogP contribution in [0.4, 0.5) is 8.78 Å². The van der Waals surface area contributed by atoms with Gasteiger partial charge in [0.15, 0.2) is 23.3 Å². The van der Waals surface area contributed by atoms with E-state index >= 15 is 0 Å². The van der Waals surface area contributed by atoms with E-state index in [1.165, 1.54) is 11.0 Å². The maximum absolute atomic E-state index is 13.4. The van der Waals surface area contributed by atoms with E-state index in [-0.39, 0.29) is 23.8 Å². The normalized spacial score (nSPS) is 13.8. The Labute approximate surface area is 189 Å². The van der Waals surface area contributed by atoms with Gasteiger partial charge >= 0.3 is 0 Å². The number of rotatable bonds is 6. The Morgan fingerprint density at radius 3 is 2.36 bits per heavy atom. The average Bonchev–Trinajstić information content (AvgIpc) is 3.33. The van der Waals surface area contributed by atoms with Crippen LogP contribution < -0.4 is 4.74 Å². The number of oxazole rings is 1. The van der Waals surface area contributed by atoms with Crippen LogP contribution in [-0.2, 0) is 11.2 Å². The highest BCUT2D eigenvalue weighted by molar-refractivity contribution is 5.94. The van der Waals surface area contributed by atoms with E-state index in [0.29, 0.717) is 44.3 Å². The number of aryl methyl sites for hydroxylation is 1. The summed E-state index contributed by atoms with van der Waals surface area (Å²) in [5, 5.41) is 0. The Balaban J connectivity index is 1.27. The van der Waals surface area contributed by atoms with Gasteiger partial charge in [0.2, 0.25) is 5.91 Å². The summed E-state index contributed by atoms with van der Waals surface area (Å²) in [6.45, 7) is 1.39. The summed E-state index contributed by atoms with van der Waals surface area (Å²) < 4.78 is 37.4. The summed E-state index contributed by atoms with van der Waals surface area (Å²) in [5.41, 5.74) is 0.952. The van der Waals surface area contributed by atoms with Crippen LogP contribution in [0.2, 0.25) is 0 Å². The van der Waals surface area contributed by atoms with Crippen molar-refractivity contribution in [2.24, 2.45) is 0 Å². The average molecular weight is 455 g/mol. The summed E-state index contributed by atoms with van der Waals surface area (Å²) in [7, 11) is 1.60. The molecule has 33 heavy (non-hydrogen) atoms. The Morgan fingerprint density at radius 1 is 1.00 bits per heavy atom. The van der Waals surface area contributed by atoms with Crippen molar-refractivity contribution < 1.29 is 27.5 Å². The summed E-state index contributed by atoms with van der Waals surface area (Å²) in [6.07, 6.45) is 2.23. The van der Waals surface area contributed by atoms with Crippen molar-refractivity contribution in [1.29, 1.82) is 0 Å². The second-order valence-electron chi connectivity index (χ2n) is 7.65. The molecule has 4 rings (SSSR count). The predicted molar refractivity (Wildman–Crippen MR) is 116 cm³/mol. The summed E-state index contributed by atoms with van der Waals surface area (Å²) in [4.78, 5) is 32.6. The van der Waals surface area contributed by atoms with E-state index in [9.17, 15) is 18.4 Å². The number of carbonyl (C=O) groups excluding carboxylic acids is 2. The summed E-state index contributed by atoms with van der Waals surface area (Å²) in [6, 6.07) is 10.5. The molecule has 1 fully saturated rings. The molecule has 0 saturated carbocycles. The lowest BCUT2D eigenvalue weighted by Crippen LogP contribution is -2.50. The van der Waals surface area contributed by atoms with Gasteiger partial charge in [-0.15, -0.1) is 0 Å². The molecule has 1 aliphatic heterocycles. The molecular weight excluding hydrogens is 432 g/mol. The maximum atomic E-state index is 13.4. The lowest BCUT2D eigenvalue weighted by molar-refractivity contribution is -0.132. The smallest absolute Gasteiger partial charge is 0.254 e. The van der Waals surface area contributed by atoms with Gasteiger partial charge in [-0.2, -0.15) is 0 Å². The molecule has 0 N–H and O–H groups in total. The molecule has 0 spiro atoms. The first-order valence-corrected chi connectivity index (χ1v) is 10.6. The highest BCUT2D eigenvalue weighted by Crippen LogP contribution is 2.23. The highest BCUT2D eigenvalue weighted by atomic mass is 19.2. The van der Waals surface area contributed by atoms with E-state index in [4.69, 9.17) is 9.15 Å². The first kappa shape index (κ1) is 22.4. The van der Waals surface area contributed by atoms with E-state index in [0.717, 1.165) is 23.4 Å². The van der Waals surface area contributed by atoms with Crippen molar-refractivity contribution in [1.82, 2.24) is 14.8 Å².